The molecule has 4 aromatic rings. The van der Waals surface area contributed by atoms with Crippen LogP contribution >= 0.6 is 0 Å². The molecule has 0 unspecified atom stereocenters. The van der Waals surface area contributed by atoms with Gasteiger partial charge in [0.15, 0.2) is 5.65 Å². The first-order valence-electron chi connectivity index (χ1n) is 8.37. The number of rotatable bonds is 0. The standard InChI is InChI=1S/C10H11N3.C9H9N3O2/c1-6-4-5-11-10-9(6)7(2)12-8(3)13-10;1-11-5-10-8-6(9(11)14)3-4-7(13)12(8)2/h4-5H,1-3H3;3-5H,1-2H3. The van der Waals surface area contributed by atoms with Gasteiger partial charge in [0.1, 0.15) is 11.5 Å². The van der Waals surface area contributed by atoms with Crippen LogP contribution in [0, 0.1) is 20.8 Å². The maximum absolute atomic E-state index is 11.6. The van der Waals surface area contributed by atoms with E-state index in [1.165, 1.54) is 33.2 Å². The minimum atomic E-state index is -0.168. The van der Waals surface area contributed by atoms with Crippen molar-refractivity contribution in [2.45, 2.75) is 20.8 Å². The minimum absolute atomic E-state index is 0.148. The van der Waals surface area contributed by atoms with Crippen LogP contribution in [0.15, 0.2) is 40.3 Å². The fourth-order valence-electron chi connectivity index (χ4n) is 2.89. The molecule has 0 aliphatic rings. The highest BCUT2D eigenvalue weighted by atomic mass is 16.1. The fourth-order valence-corrected chi connectivity index (χ4v) is 2.89. The number of aryl methyl sites for hydroxylation is 5. The van der Waals surface area contributed by atoms with Crippen LogP contribution < -0.4 is 11.1 Å². The van der Waals surface area contributed by atoms with Crippen molar-refractivity contribution < 1.29 is 0 Å². The molecule has 0 atom stereocenters. The van der Waals surface area contributed by atoms with Crippen molar-refractivity contribution in [1.29, 1.82) is 0 Å². The molecule has 8 heteroatoms. The first-order chi connectivity index (χ1) is 12.8. The van der Waals surface area contributed by atoms with Crippen LogP contribution in [0.2, 0.25) is 0 Å². The van der Waals surface area contributed by atoms with Gasteiger partial charge in [0, 0.05) is 31.7 Å². The van der Waals surface area contributed by atoms with Crippen LogP contribution in [-0.4, -0.2) is 29.1 Å². The van der Waals surface area contributed by atoms with Crippen molar-refractivity contribution in [2.24, 2.45) is 14.1 Å². The van der Waals surface area contributed by atoms with Crippen molar-refractivity contribution in [2.75, 3.05) is 0 Å². The molecule has 8 nitrogen and oxygen atoms in total. The van der Waals surface area contributed by atoms with Crippen LogP contribution in [0.1, 0.15) is 17.1 Å². The van der Waals surface area contributed by atoms with E-state index in [0.717, 1.165) is 22.6 Å². The van der Waals surface area contributed by atoms with Crippen LogP contribution in [0.4, 0.5) is 0 Å². The summed E-state index contributed by atoms with van der Waals surface area (Å²) in [5.41, 5.74) is 3.09. The van der Waals surface area contributed by atoms with Gasteiger partial charge in [-0.25, -0.2) is 19.9 Å². The summed E-state index contributed by atoms with van der Waals surface area (Å²) in [7, 11) is 3.22. The fraction of sp³-hybridized carbons (Fsp3) is 0.263. The van der Waals surface area contributed by atoms with Crippen molar-refractivity contribution in [3.63, 3.8) is 0 Å². The maximum atomic E-state index is 11.6. The molecule has 0 fully saturated rings. The lowest BCUT2D eigenvalue weighted by Gasteiger charge is -2.03. The Morgan fingerprint density at radius 1 is 0.926 bits per heavy atom. The molecule has 4 aromatic heterocycles. The molecule has 4 rings (SSSR count). The van der Waals surface area contributed by atoms with Crippen LogP contribution in [0.25, 0.3) is 22.1 Å². The van der Waals surface area contributed by atoms with E-state index < -0.39 is 0 Å². The van der Waals surface area contributed by atoms with E-state index in [1.807, 2.05) is 19.9 Å². The molecular weight excluding hydrogens is 344 g/mol. The lowest BCUT2D eigenvalue weighted by atomic mass is 10.1. The van der Waals surface area contributed by atoms with Gasteiger partial charge in [-0.2, -0.15) is 0 Å². The minimum Gasteiger partial charge on any atom is -0.302 e. The second kappa shape index (κ2) is 7.06. The Morgan fingerprint density at radius 2 is 1.67 bits per heavy atom. The van der Waals surface area contributed by atoms with Gasteiger partial charge in [-0.15, -0.1) is 0 Å². The van der Waals surface area contributed by atoms with E-state index in [-0.39, 0.29) is 11.1 Å². The molecular formula is C19H20N6O2. The first kappa shape index (κ1) is 18.4. The molecule has 0 amide bonds. The van der Waals surface area contributed by atoms with Crippen molar-refractivity contribution in [1.82, 2.24) is 29.1 Å². The second-order valence-corrected chi connectivity index (χ2v) is 6.31. The molecule has 0 radical (unpaired) electrons. The normalized spacial score (nSPS) is 10.7. The van der Waals surface area contributed by atoms with Gasteiger partial charge in [-0.05, 0) is 38.5 Å². The third kappa shape index (κ3) is 3.46. The van der Waals surface area contributed by atoms with Crippen LogP contribution in [0.5, 0.6) is 0 Å². The summed E-state index contributed by atoms with van der Waals surface area (Å²) in [6.45, 7) is 5.93. The third-order valence-corrected chi connectivity index (χ3v) is 4.28. The lowest BCUT2D eigenvalue weighted by molar-refractivity contribution is 0.815. The van der Waals surface area contributed by atoms with Gasteiger partial charge in [0.2, 0.25) is 0 Å². The van der Waals surface area contributed by atoms with Crippen molar-refractivity contribution in [3.05, 3.63) is 68.5 Å². The Hall–Kier alpha value is -3.42. The van der Waals surface area contributed by atoms with Gasteiger partial charge in [-0.3, -0.25) is 14.2 Å². The molecule has 0 aromatic carbocycles. The molecule has 0 saturated carbocycles. The molecule has 27 heavy (non-hydrogen) atoms. The summed E-state index contributed by atoms with van der Waals surface area (Å²) in [6.07, 6.45) is 3.19. The highest BCUT2D eigenvalue weighted by Gasteiger charge is 2.05. The monoisotopic (exact) mass is 364 g/mol. The summed E-state index contributed by atoms with van der Waals surface area (Å²) < 4.78 is 2.74. The smallest absolute Gasteiger partial charge is 0.262 e. The van der Waals surface area contributed by atoms with Crippen LogP contribution in [-0.2, 0) is 14.1 Å². The number of fused-ring (bicyclic) bond motifs is 2. The quantitative estimate of drug-likeness (QED) is 0.470. The first-order valence-corrected chi connectivity index (χ1v) is 8.37. The average Bonchev–Trinajstić information content (AvgIpc) is 2.61. The number of aromatic nitrogens is 6. The van der Waals surface area contributed by atoms with E-state index in [1.54, 1.807) is 20.3 Å². The van der Waals surface area contributed by atoms with Gasteiger partial charge >= 0.3 is 0 Å². The molecule has 0 spiro atoms. The number of nitrogens with zero attached hydrogens (tertiary/aromatic N) is 6. The number of pyridine rings is 2. The summed E-state index contributed by atoms with van der Waals surface area (Å²) in [6, 6.07) is 4.85. The predicted molar refractivity (Wildman–Crippen MR) is 104 cm³/mol. The van der Waals surface area contributed by atoms with Gasteiger partial charge in [-0.1, -0.05) is 0 Å². The molecule has 0 aliphatic heterocycles. The molecule has 4 heterocycles. The molecule has 0 saturated heterocycles. The van der Waals surface area contributed by atoms with E-state index in [0.29, 0.717) is 11.0 Å². The van der Waals surface area contributed by atoms with E-state index in [9.17, 15) is 9.59 Å². The second-order valence-electron chi connectivity index (χ2n) is 6.31. The SMILES string of the molecule is Cc1nc(C)c2c(C)ccnc2n1.Cn1cnc2c(ccc(=O)n2C)c1=O. The van der Waals surface area contributed by atoms with E-state index in [4.69, 9.17) is 0 Å². The average molecular weight is 364 g/mol. The number of hydrogen-bond acceptors (Lipinski definition) is 6. The molecule has 0 bridgehead atoms. The number of hydrogen-bond donors (Lipinski definition) is 0. The Balaban J connectivity index is 0.000000156. The molecule has 0 aliphatic carbocycles. The zero-order valence-corrected chi connectivity index (χ0v) is 15.9. The summed E-state index contributed by atoms with van der Waals surface area (Å²) >= 11 is 0. The summed E-state index contributed by atoms with van der Waals surface area (Å²) in [4.78, 5) is 39.7. The van der Waals surface area contributed by atoms with Gasteiger partial charge < -0.3 is 4.57 Å². The Kier molecular flexibility index (Phi) is 4.81. The predicted octanol–water partition coefficient (Wildman–Crippen LogP) is 1.58. The maximum Gasteiger partial charge on any atom is 0.262 e. The van der Waals surface area contributed by atoms with Gasteiger partial charge in [0.05, 0.1) is 17.4 Å². The molecule has 0 N–H and O–H groups in total. The van der Waals surface area contributed by atoms with Crippen molar-refractivity contribution >= 4 is 22.1 Å². The van der Waals surface area contributed by atoms with Gasteiger partial charge in [0.25, 0.3) is 11.1 Å². The van der Waals surface area contributed by atoms with Crippen LogP contribution in [0.3, 0.4) is 0 Å². The topological polar surface area (TPSA) is 95.6 Å². The highest BCUT2D eigenvalue weighted by molar-refractivity contribution is 5.80. The van der Waals surface area contributed by atoms with E-state index >= 15 is 0 Å². The van der Waals surface area contributed by atoms with E-state index in [2.05, 4.69) is 26.9 Å². The summed E-state index contributed by atoms with van der Waals surface area (Å²) in [5, 5.41) is 1.53. The Labute approximate surface area is 155 Å². The Morgan fingerprint density at radius 3 is 2.41 bits per heavy atom. The zero-order chi connectivity index (χ0) is 19.7. The zero-order valence-electron chi connectivity index (χ0n) is 15.9. The summed E-state index contributed by atoms with van der Waals surface area (Å²) in [5.74, 6) is 0.781. The largest absolute Gasteiger partial charge is 0.302 e. The lowest BCUT2D eigenvalue weighted by Crippen LogP contribution is -2.23. The Bertz CT molecular complexity index is 1270. The van der Waals surface area contributed by atoms with Crippen molar-refractivity contribution in [3.8, 4) is 0 Å². The third-order valence-electron chi connectivity index (χ3n) is 4.28. The highest BCUT2D eigenvalue weighted by Crippen LogP contribution is 2.16. The molecule has 138 valence electrons.